The molecule has 1 aromatic heterocycles. The summed E-state index contributed by atoms with van der Waals surface area (Å²) < 4.78 is 27.1. The third-order valence-corrected chi connectivity index (χ3v) is 2.47. The number of hydrogen-bond acceptors (Lipinski definition) is 6. The van der Waals surface area contributed by atoms with Gasteiger partial charge >= 0.3 is 5.69 Å². The first kappa shape index (κ1) is 12.6. The molecule has 0 aromatic carbocycles. The summed E-state index contributed by atoms with van der Waals surface area (Å²) in [6.07, 6.45) is 2.06. The van der Waals surface area contributed by atoms with Crippen LogP contribution in [0.1, 0.15) is 5.69 Å². The summed E-state index contributed by atoms with van der Waals surface area (Å²) in [6, 6.07) is 0. The Morgan fingerprint density at radius 2 is 2.25 bits per heavy atom. The summed E-state index contributed by atoms with van der Waals surface area (Å²) in [5, 5.41) is 14.2. The molecule has 0 fully saturated rings. The second-order valence-corrected chi connectivity index (χ2v) is 4.77. The monoisotopic (exact) mass is 249 g/mol. The molecule has 16 heavy (non-hydrogen) atoms. The third kappa shape index (κ3) is 3.28. The molecule has 1 rings (SSSR count). The Morgan fingerprint density at radius 3 is 2.69 bits per heavy atom. The number of aromatic nitrogens is 2. The van der Waals surface area contributed by atoms with Gasteiger partial charge in [0.1, 0.15) is 11.9 Å². The van der Waals surface area contributed by atoms with Crippen LogP contribution in [-0.2, 0) is 20.8 Å². The van der Waals surface area contributed by atoms with Crippen LogP contribution < -0.4 is 0 Å². The maximum Gasteiger partial charge on any atom is 0.309 e. The molecule has 0 spiro atoms. The van der Waals surface area contributed by atoms with Crippen molar-refractivity contribution in [2.75, 3.05) is 12.9 Å². The van der Waals surface area contributed by atoms with Gasteiger partial charge < -0.3 is 0 Å². The molecule has 0 radical (unpaired) electrons. The average molecular weight is 249 g/mol. The average Bonchev–Trinajstić information content (AvgIpc) is 2.46. The normalized spacial score (nSPS) is 11.6. The quantitative estimate of drug-likeness (QED) is 0.415. The van der Waals surface area contributed by atoms with Gasteiger partial charge in [-0.05, 0) is 6.92 Å². The standard InChI is InChI=1S/C7H11N3O5S/c1-6-7(10(11)12)5-8-9(6)3-4-15-16(2,13)14/h5H,3-4H2,1-2H3. The van der Waals surface area contributed by atoms with Gasteiger partial charge in [0.05, 0.1) is 24.3 Å². The smallest absolute Gasteiger partial charge is 0.268 e. The van der Waals surface area contributed by atoms with E-state index in [0.29, 0.717) is 5.69 Å². The summed E-state index contributed by atoms with van der Waals surface area (Å²) >= 11 is 0. The van der Waals surface area contributed by atoms with Crippen molar-refractivity contribution in [2.24, 2.45) is 0 Å². The van der Waals surface area contributed by atoms with E-state index < -0.39 is 15.0 Å². The lowest BCUT2D eigenvalue weighted by Crippen LogP contribution is -2.12. The second-order valence-electron chi connectivity index (χ2n) is 3.12. The molecular formula is C7H11N3O5S. The van der Waals surface area contributed by atoms with Gasteiger partial charge in [-0.1, -0.05) is 0 Å². The molecule has 1 heterocycles. The lowest BCUT2D eigenvalue weighted by atomic mass is 10.4. The van der Waals surface area contributed by atoms with E-state index in [9.17, 15) is 18.5 Å². The number of hydrogen-bond donors (Lipinski definition) is 0. The Labute approximate surface area is 92.1 Å². The Bertz CT molecular complexity index is 492. The fraction of sp³-hybridized carbons (Fsp3) is 0.571. The minimum atomic E-state index is -3.49. The highest BCUT2D eigenvalue weighted by Crippen LogP contribution is 2.15. The summed E-state index contributed by atoms with van der Waals surface area (Å²) in [6.45, 7) is 1.58. The van der Waals surface area contributed by atoms with Crippen LogP contribution in [0.25, 0.3) is 0 Å². The number of rotatable bonds is 5. The van der Waals surface area contributed by atoms with Crippen molar-refractivity contribution in [3.63, 3.8) is 0 Å². The van der Waals surface area contributed by atoms with E-state index in [4.69, 9.17) is 0 Å². The minimum Gasteiger partial charge on any atom is -0.268 e. The van der Waals surface area contributed by atoms with Crippen LogP contribution in [0.5, 0.6) is 0 Å². The van der Waals surface area contributed by atoms with Crippen molar-refractivity contribution >= 4 is 15.8 Å². The van der Waals surface area contributed by atoms with E-state index in [-0.39, 0.29) is 18.8 Å². The van der Waals surface area contributed by atoms with E-state index in [1.165, 1.54) is 11.6 Å². The number of nitrogens with zero attached hydrogens (tertiary/aromatic N) is 3. The second kappa shape index (κ2) is 4.58. The van der Waals surface area contributed by atoms with Gasteiger partial charge in [-0.3, -0.25) is 19.0 Å². The summed E-state index contributed by atoms with van der Waals surface area (Å²) in [7, 11) is -3.49. The third-order valence-electron chi connectivity index (χ3n) is 1.87. The Balaban J connectivity index is 2.66. The Kier molecular flexibility index (Phi) is 3.60. The highest BCUT2D eigenvalue weighted by molar-refractivity contribution is 7.85. The highest BCUT2D eigenvalue weighted by atomic mass is 32.2. The van der Waals surface area contributed by atoms with E-state index in [2.05, 4.69) is 9.28 Å². The first-order valence-corrected chi connectivity index (χ1v) is 6.14. The van der Waals surface area contributed by atoms with E-state index in [1.807, 2.05) is 0 Å². The topological polar surface area (TPSA) is 104 Å². The summed E-state index contributed by atoms with van der Waals surface area (Å²) in [4.78, 5) is 9.95. The van der Waals surface area contributed by atoms with Gasteiger partial charge in [-0.25, -0.2) is 0 Å². The molecule has 0 saturated heterocycles. The maximum absolute atomic E-state index is 10.7. The highest BCUT2D eigenvalue weighted by Gasteiger charge is 2.16. The van der Waals surface area contributed by atoms with Gasteiger partial charge in [0.2, 0.25) is 0 Å². The zero-order valence-electron chi connectivity index (χ0n) is 8.78. The van der Waals surface area contributed by atoms with Crippen LogP contribution in [0.15, 0.2) is 6.20 Å². The lowest BCUT2D eigenvalue weighted by Gasteiger charge is -2.03. The molecule has 90 valence electrons. The van der Waals surface area contributed by atoms with Crippen molar-refractivity contribution in [3.05, 3.63) is 22.0 Å². The predicted octanol–water partition coefficient (Wildman–Crippen LogP) is 0.0759. The molecule has 0 N–H and O–H groups in total. The van der Waals surface area contributed by atoms with Crippen LogP contribution in [0, 0.1) is 17.0 Å². The summed E-state index contributed by atoms with van der Waals surface area (Å²) in [5.74, 6) is 0. The first-order valence-electron chi connectivity index (χ1n) is 4.32. The number of nitro groups is 1. The lowest BCUT2D eigenvalue weighted by molar-refractivity contribution is -0.385. The molecule has 8 nitrogen and oxygen atoms in total. The van der Waals surface area contributed by atoms with Crippen LogP contribution in [-0.4, -0.2) is 36.0 Å². The minimum absolute atomic E-state index is 0.0978. The SMILES string of the molecule is Cc1c([N+](=O)[O-])cnn1CCOS(C)(=O)=O. The molecule has 0 aliphatic carbocycles. The van der Waals surface area contributed by atoms with Crippen LogP contribution in [0.3, 0.4) is 0 Å². The van der Waals surface area contributed by atoms with Crippen LogP contribution >= 0.6 is 0 Å². The first-order chi connectivity index (χ1) is 7.31. The molecule has 0 aliphatic heterocycles. The van der Waals surface area contributed by atoms with Gasteiger partial charge in [0.25, 0.3) is 10.1 Å². The van der Waals surface area contributed by atoms with Gasteiger partial charge in [0, 0.05) is 0 Å². The Morgan fingerprint density at radius 1 is 1.62 bits per heavy atom. The fourth-order valence-corrected chi connectivity index (χ4v) is 1.49. The van der Waals surface area contributed by atoms with Crippen molar-refractivity contribution in [2.45, 2.75) is 13.5 Å². The maximum atomic E-state index is 10.7. The molecule has 0 saturated carbocycles. The van der Waals surface area contributed by atoms with Crippen molar-refractivity contribution in [1.82, 2.24) is 9.78 Å². The van der Waals surface area contributed by atoms with Gasteiger partial charge in [-0.2, -0.15) is 13.5 Å². The molecular weight excluding hydrogens is 238 g/mol. The zero-order valence-corrected chi connectivity index (χ0v) is 9.60. The zero-order chi connectivity index (χ0) is 12.3. The molecule has 0 amide bonds. The van der Waals surface area contributed by atoms with Crippen molar-refractivity contribution in [3.8, 4) is 0 Å². The fourth-order valence-electron chi connectivity index (χ4n) is 1.12. The van der Waals surface area contributed by atoms with E-state index in [0.717, 1.165) is 12.5 Å². The molecule has 0 atom stereocenters. The van der Waals surface area contributed by atoms with Crippen LogP contribution in [0.4, 0.5) is 5.69 Å². The largest absolute Gasteiger partial charge is 0.309 e. The molecule has 0 aliphatic rings. The molecule has 0 bridgehead atoms. The Hall–Kier alpha value is -1.48. The van der Waals surface area contributed by atoms with Crippen molar-refractivity contribution in [1.29, 1.82) is 0 Å². The summed E-state index contributed by atoms with van der Waals surface area (Å²) in [5.41, 5.74) is 0.265. The van der Waals surface area contributed by atoms with Gasteiger partial charge in [-0.15, -0.1) is 0 Å². The van der Waals surface area contributed by atoms with Crippen LogP contribution in [0.2, 0.25) is 0 Å². The molecule has 9 heteroatoms. The predicted molar refractivity (Wildman–Crippen MR) is 54.4 cm³/mol. The van der Waals surface area contributed by atoms with E-state index in [1.54, 1.807) is 0 Å². The molecule has 0 unspecified atom stereocenters. The van der Waals surface area contributed by atoms with Gasteiger partial charge in [0.15, 0.2) is 0 Å². The van der Waals surface area contributed by atoms with Crippen molar-refractivity contribution < 1.29 is 17.5 Å². The van der Waals surface area contributed by atoms with E-state index >= 15 is 0 Å². The molecule has 1 aromatic rings.